The highest BCUT2D eigenvalue weighted by Gasteiger charge is 2.18. The standard InChI is InChI=1S/C13H19N7O/c1-21-13-10-12(14-11-15-13)19-7-4-18(5-8-19)6-9-20-3-2-16-17-20/h2-3,10-11H,4-9H2,1H3. The van der Waals surface area contributed by atoms with Crippen LogP contribution in [-0.4, -0.2) is 69.7 Å². The zero-order valence-corrected chi connectivity index (χ0v) is 12.1. The summed E-state index contributed by atoms with van der Waals surface area (Å²) in [6, 6.07) is 1.88. The highest BCUT2D eigenvalue weighted by molar-refractivity contribution is 5.41. The molecule has 1 fully saturated rings. The van der Waals surface area contributed by atoms with E-state index in [0.717, 1.165) is 45.1 Å². The molecule has 8 nitrogen and oxygen atoms in total. The summed E-state index contributed by atoms with van der Waals surface area (Å²) in [6.45, 7) is 5.81. The van der Waals surface area contributed by atoms with Gasteiger partial charge < -0.3 is 9.64 Å². The lowest BCUT2D eigenvalue weighted by molar-refractivity contribution is 0.243. The predicted octanol–water partition coefficient (Wildman–Crippen LogP) is -0.101. The molecule has 8 heteroatoms. The van der Waals surface area contributed by atoms with E-state index in [4.69, 9.17) is 4.74 Å². The first kappa shape index (κ1) is 13.7. The lowest BCUT2D eigenvalue weighted by atomic mass is 10.3. The summed E-state index contributed by atoms with van der Waals surface area (Å²) in [7, 11) is 1.62. The van der Waals surface area contributed by atoms with Crippen LogP contribution in [-0.2, 0) is 6.54 Å². The van der Waals surface area contributed by atoms with Gasteiger partial charge in [-0.1, -0.05) is 5.21 Å². The fourth-order valence-electron chi connectivity index (χ4n) is 2.41. The second-order valence-corrected chi connectivity index (χ2v) is 4.91. The van der Waals surface area contributed by atoms with E-state index in [0.29, 0.717) is 5.88 Å². The summed E-state index contributed by atoms with van der Waals surface area (Å²) in [5.41, 5.74) is 0. The fraction of sp³-hybridized carbons (Fsp3) is 0.538. The molecular formula is C13H19N7O. The quantitative estimate of drug-likeness (QED) is 0.761. The maximum Gasteiger partial charge on any atom is 0.218 e. The fourth-order valence-corrected chi connectivity index (χ4v) is 2.41. The van der Waals surface area contributed by atoms with E-state index < -0.39 is 0 Å². The number of piperazine rings is 1. The molecule has 0 saturated carbocycles. The van der Waals surface area contributed by atoms with E-state index in [-0.39, 0.29) is 0 Å². The maximum absolute atomic E-state index is 5.14. The highest BCUT2D eigenvalue weighted by atomic mass is 16.5. The summed E-state index contributed by atoms with van der Waals surface area (Å²) < 4.78 is 7.01. The molecule has 0 spiro atoms. The van der Waals surface area contributed by atoms with Gasteiger partial charge in [0.1, 0.15) is 12.1 Å². The number of ether oxygens (including phenoxy) is 1. The molecule has 21 heavy (non-hydrogen) atoms. The van der Waals surface area contributed by atoms with Crippen LogP contribution in [0.25, 0.3) is 0 Å². The van der Waals surface area contributed by atoms with Crippen LogP contribution >= 0.6 is 0 Å². The van der Waals surface area contributed by atoms with Crippen molar-refractivity contribution in [2.75, 3.05) is 44.7 Å². The van der Waals surface area contributed by atoms with Crippen molar-refractivity contribution in [3.63, 3.8) is 0 Å². The van der Waals surface area contributed by atoms with Crippen LogP contribution in [0.1, 0.15) is 0 Å². The summed E-state index contributed by atoms with van der Waals surface area (Å²) in [5.74, 6) is 1.53. The topological polar surface area (TPSA) is 72.2 Å². The normalized spacial score (nSPS) is 16.1. The first-order valence-electron chi connectivity index (χ1n) is 7.02. The molecule has 0 radical (unpaired) electrons. The number of anilines is 1. The van der Waals surface area contributed by atoms with Crippen molar-refractivity contribution in [2.24, 2.45) is 0 Å². The Balaban J connectivity index is 1.50. The highest BCUT2D eigenvalue weighted by Crippen LogP contribution is 2.17. The zero-order chi connectivity index (χ0) is 14.5. The Morgan fingerprint density at radius 3 is 2.71 bits per heavy atom. The average molecular weight is 289 g/mol. The molecule has 112 valence electrons. The molecule has 1 saturated heterocycles. The largest absolute Gasteiger partial charge is 0.481 e. The molecule has 1 aliphatic rings. The van der Waals surface area contributed by atoms with Gasteiger partial charge in [0.2, 0.25) is 5.88 Å². The number of nitrogens with zero attached hydrogens (tertiary/aromatic N) is 7. The molecule has 2 aromatic heterocycles. The van der Waals surface area contributed by atoms with Crippen LogP contribution in [0.2, 0.25) is 0 Å². The average Bonchev–Trinajstić information content (AvgIpc) is 3.07. The lowest BCUT2D eigenvalue weighted by Crippen LogP contribution is -2.47. The van der Waals surface area contributed by atoms with Gasteiger partial charge in [0.05, 0.1) is 19.9 Å². The van der Waals surface area contributed by atoms with Crippen molar-refractivity contribution in [2.45, 2.75) is 6.54 Å². The van der Waals surface area contributed by atoms with Gasteiger partial charge in [0.15, 0.2) is 0 Å². The van der Waals surface area contributed by atoms with Crippen molar-refractivity contribution in [1.82, 2.24) is 29.9 Å². The summed E-state index contributed by atoms with van der Waals surface area (Å²) >= 11 is 0. The Kier molecular flexibility index (Phi) is 4.25. The van der Waals surface area contributed by atoms with Crippen molar-refractivity contribution < 1.29 is 4.74 Å². The number of rotatable bonds is 5. The van der Waals surface area contributed by atoms with E-state index in [1.54, 1.807) is 19.6 Å². The number of methoxy groups -OCH3 is 1. The second-order valence-electron chi connectivity index (χ2n) is 4.91. The molecular weight excluding hydrogens is 270 g/mol. The molecule has 1 aliphatic heterocycles. The van der Waals surface area contributed by atoms with Crippen LogP contribution in [0.5, 0.6) is 5.88 Å². The molecule has 0 atom stereocenters. The predicted molar refractivity (Wildman–Crippen MR) is 77.3 cm³/mol. The van der Waals surface area contributed by atoms with Gasteiger partial charge >= 0.3 is 0 Å². The van der Waals surface area contributed by atoms with Crippen LogP contribution in [0.3, 0.4) is 0 Å². The second kappa shape index (κ2) is 6.49. The minimum Gasteiger partial charge on any atom is -0.481 e. The molecule has 0 unspecified atom stereocenters. The number of hydrogen-bond acceptors (Lipinski definition) is 7. The van der Waals surface area contributed by atoms with E-state index in [2.05, 4.69) is 30.1 Å². The lowest BCUT2D eigenvalue weighted by Gasteiger charge is -2.35. The van der Waals surface area contributed by atoms with Gasteiger partial charge in [-0.15, -0.1) is 5.10 Å². The molecule has 0 aromatic carbocycles. The summed E-state index contributed by atoms with van der Waals surface area (Å²) in [5, 5.41) is 7.80. The van der Waals surface area contributed by atoms with Gasteiger partial charge in [0, 0.05) is 45.0 Å². The molecule has 3 rings (SSSR count). The van der Waals surface area contributed by atoms with E-state index in [1.807, 2.05) is 16.9 Å². The summed E-state index contributed by atoms with van der Waals surface area (Å²) in [6.07, 6.45) is 5.15. The van der Waals surface area contributed by atoms with Crippen molar-refractivity contribution in [1.29, 1.82) is 0 Å². The molecule has 3 heterocycles. The summed E-state index contributed by atoms with van der Waals surface area (Å²) in [4.78, 5) is 13.0. The Morgan fingerprint density at radius 1 is 1.14 bits per heavy atom. The van der Waals surface area contributed by atoms with Crippen LogP contribution in [0.15, 0.2) is 24.8 Å². The van der Waals surface area contributed by atoms with Gasteiger partial charge in [-0.25, -0.2) is 9.97 Å². The van der Waals surface area contributed by atoms with Gasteiger partial charge in [0.25, 0.3) is 0 Å². The van der Waals surface area contributed by atoms with Crippen LogP contribution in [0, 0.1) is 0 Å². The van der Waals surface area contributed by atoms with Crippen molar-refractivity contribution in [3.05, 3.63) is 24.8 Å². The van der Waals surface area contributed by atoms with Crippen molar-refractivity contribution in [3.8, 4) is 5.88 Å². The third kappa shape index (κ3) is 3.46. The third-order valence-corrected chi connectivity index (χ3v) is 3.65. The smallest absolute Gasteiger partial charge is 0.218 e. The molecule has 0 amide bonds. The van der Waals surface area contributed by atoms with E-state index >= 15 is 0 Å². The molecule has 2 aromatic rings. The van der Waals surface area contributed by atoms with E-state index in [1.165, 1.54) is 0 Å². The van der Waals surface area contributed by atoms with Gasteiger partial charge in [-0.2, -0.15) is 0 Å². The SMILES string of the molecule is COc1cc(N2CCN(CCn3ccnn3)CC2)ncn1. The van der Waals surface area contributed by atoms with Crippen LogP contribution < -0.4 is 9.64 Å². The Bertz CT molecular complexity index is 551. The Morgan fingerprint density at radius 2 is 2.00 bits per heavy atom. The zero-order valence-electron chi connectivity index (χ0n) is 12.1. The molecule has 0 N–H and O–H groups in total. The number of aromatic nitrogens is 5. The molecule has 0 aliphatic carbocycles. The van der Waals surface area contributed by atoms with Crippen LogP contribution in [0.4, 0.5) is 5.82 Å². The Hall–Kier alpha value is -2.22. The number of hydrogen-bond donors (Lipinski definition) is 0. The Labute approximate surface area is 123 Å². The first-order valence-corrected chi connectivity index (χ1v) is 7.02. The van der Waals surface area contributed by atoms with E-state index in [9.17, 15) is 0 Å². The van der Waals surface area contributed by atoms with Gasteiger partial charge in [-0.3, -0.25) is 9.58 Å². The minimum absolute atomic E-state index is 0.605. The first-order chi connectivity index (χ1) is 10.3. The molecule has 0 bridgehead atoms. The maximum atomic E-state index is 5.14. The third-order valence-electron chi connectivity index (χ3n) is 3.65. The van der Waals surface area contributed by atoms with Crippen molar-refractivity contribution >= 4 is 5.82 Å². The minimum atomic E-state index is 0.605. The van der Waals surface area contributed by atoms with Gasteiger partial charge in [-0.05, 0) is 0 Å². The monoisotopic (exact) mass is 289 g/mol.